The van der Waals surface area contributed by atoms with Crippen LogP contribution in [-0.2, 0) is 20.7 Å². The van der Waals surface area contributed by atoms with E-state index >= 15 is 0 Å². The van der Waals surface area contributed by atoms with Crippen molar-refractivity contribution in [1.82, 2.24) is 20.1 Å². The van der Waals surface area contributed by atoms with Crippen LogP contribution in [-0.4, -0.2) is 78.1 Å². The fourth-order valence-electron chi connectivity index (χ4n) is 4.62. The molecule has 3 heterocycles. The lowest BCUT2D eigenvalue weighted by Gasteiger charge is -2.33. The smallest absolute Gasteiger partial charge is 0.224 e. The van der Waals surface area contributed by atoms with Gasteiger partial charge in [-0.2, -0.15) is 0 Å². The van der Waals surface area contributed by atoms with Crippen LogP contribution in [0.1, 0.15) is 44.1 Å². The first-order valence-corrected chi connectivity index (χ1v) is 11.5. The SMILES string of the molecule is O=C(CCc1ccncc1)NC[C@@H]1CC[C@H](CC(=O)N2CCOCC2)N1CC1CC1. The Balaban J connectivity index is 1.25. The molecule has 0 aromatic carbocycles. The van der Waals surface area contributed by atoms with Crippen LogP contribution in [0, 0.1) is 5.92 Å². The van der Waals surface area contributed by atoms with Crippen LogP contribution >= 0.6 is 0 Å². The van der Waals surface area contributed by atoms with Crippen molar-refractivity contribution in [2.45, 2.75) is 57.0 Å². The molecule has 7 heteroatoms. The highest BCUT2D eigenvalue weighted by Crippen LogP contribution is 2.35. The van der Waals surface area contributed by atoms with E-state index in [-0.39, 0.29) is 11.8 Å². The van der Waals surface area contributed by atoms with Crippen molar-refractivity contribution in [2.75, 3.05) is 39.4 Å². The molecule has 1 saturated carbocycles. The van der Waals surface area contributed by atoms with E-state index < -0.39 is 0 Å². The minimum atomic E-state index is 0.103. The molecule has 2 aliphatic heterocycles. The number of carbonyl (C=O) groups is 2. The van der Waals surface area contributed by atoms with Gasteiger partial charge < -0.3 is 15.0 Å². The predicted molar refractivity (Wildman–Crippen MR) is 114 cm³/mol. The lowest BCUT2D eigenvalue weighted by molar-refractivity contribution is -0.136. The van der Waals surface area contributed by atoms with Crippen LogP contribution in [0.4, 0.5) is 0 Å². The highest BCUT2D eigenvalue weighted by atomic mass is 16.5. The van der Waals surface area contributed by atoms with E-state index in [1.807, 2.05) is 17.0 Å². The Morgan fingerprint density at radius 2 is 1.80 bits per heavy atom. The fraction of sp³-hybridized carbons (Fsp3) is 0.696. The number of rotatable bonds is 9. The highest BCUT2D eigenvalue weighted by Gasteiger charge is 2.38. The van der Waals surface area contributed by atoms with Crippen molar-refractivity contribution in [1.29, 1.82) is 0 Å². The number of hydrogen-bond donors (Lipinski definition) is 1. The molecular weight excluding hydrogens is 380 g/mol. The molecule has 1 aromatic heterocycles. The Morgan fingerprint density at radius 1 is 1.07 bits per heavy atom. The maximum Gasteiger partial charge on any atom is 0.224 e. The van der Waals surface area contributed by atoms with Crippen molar-refractivity contribution < 1.29 is 14.3 Å². The number of nitrogens with one attached hydrogen (secondary N) is 1. The first kappa shape index (κ1) is 21.2. The number of morpholine rings is 1. The van der Waals surface area contributed by atoms with Gasteiger partial charge in [0.25, 0.3) is 0 Å². The summed E-state index contributed by atoms with van der Waals surface area (Å²) in [5, 5.41) is 3.15. The molecule has 164 valence electrons. The monoisotopic (exact) mass is 414 g/mol. The van der Waals surface area contributed by atoms with Gasteiger partial charge in [-0.25, -0.2) is 0 Å². The van der Waals surface area contributed by atoms with E-state index in [0.29, 0.717) is 57.8 Å². The van der Waals surface area contributed by atoms with Crippen molar-refractivity contribution in [3.8, 4) is 0 Å². The number of ether oxygens (including phenoxy) is 1. The summed E-state index contributed by atoms with van der Waals surface area (Å²) in [4.78, 5) is 33.6. The number of hydrogen-bond acceptors (Lipinski definition) is 5. The average molecular weight is 415 g/mol. The second kappa shape index (κ2) is 10.4. The van der Waals surface area contributed by atoms with E-state index in [2.05, 4.69) is 15.2 Å². The van der Waals surface area contributed by atoms with Crippen molar-refractivity contribution >= 4 is 11.8 Å². The summed E-state index contributed by atoms with van der Waals surface area (Å²) in [6.45, 7) is 4.48. The zero-order chi connectivity index (χ0) is 20.8. The minimum absolute atomic E-state index is 0.103. The first-order chi connectivity index (χ1) is 14.7. The lowest BCUT2D eigenvalue weighted by atomic mass is 10.1. The Hall–Kier alpha value is -1.99. The quantitative estimate of drug-likeness (QED) is 0.665. The Bertz CT molecular complexity index is 704. The number of carbonyl (C=O) groups excluding carboxylic acids is 2. The van der Waals surface area contributed by atoms with E-state index in [4.69, 9.17) is 4.74 Å². The summed E-state index contributed by atoms with van der Waals surface area (Å²) in [5.74, 6) is 1.13. The summed E-state index contributed by atoms with van der Waals surface area (Å²) >= 11 is 0. The van der Waals surface area contributed by atoms with Crippen LogP contribution in [0.15, 0.2) is 24.5 Å². The average Bonchev–Trinajstić information content (AvgIpc) is 3.53. The Labute approximate surface area is 179 Å². The second-order valence-electron chi connectivity index (χ2n) is 8.88. The number of nitrogens with zero attached hydrogens (tertiary/aromatic N) is 3. The molecule has 7 nitrogen and oxygen atoms in total. The number of amides is 2. The predicted octanol–water partition coefficient (Wildman–Crippen LogP) is 1.62. The van der Waals surface area contributed by atoms with Crippen molar-refractivity contribution in [3.63, 3.8) is 0 Å². The van der Waals surface area contributed by atoms with Crippen LogP contribution in [0.2, 0.25) is 0 Å². The van der Waals surface area contributed by atoms with Gasteiger partial charge >= 0.3 is 0 Å². The van der Waals surface area contributed by atoms with E-state index in [1.54, 1.807) is 12.4 Å². The Kier molecular flexibility index (Phi) is 7.33. The van der Waals surface area contributed by atoms with Crippen molar-refractivity contribution in [3.05, 3.63) is 30.1 Å². The molecule has 2 atom stereocenters. The van der Waals surface area contributed by atoms with Gasteiger partial charge in [-0.1, -0.05) is 0 Å². The van der Waals surface area contributed by atoms with Gasteiger partial charge in [-0.3, -0.25) is 19.5 Å². The van der Waals surface area contributed by atoms with Crippen molar-refractivity contribution in [2.24, 2.45) is 5.92 Å². The summed E-state index contributed by atoms with van der Waals surface area (Å²) in [6.07, 6.45) is 10.1. The molecule has 3 fully saturated rings. The highest BCUT2D eigenvalue weighted by molar-refractivity contribution is 5.77. The third-order valence-corrected chi connectivity index (χ3v) is 6.64. The summed E-state index contributed by atoms with van der Waals surface area (Å²) < 4.78 is 5.37. The molecule has 4 rings (SSSR count). The molecule has 2 amide bonds. The molecule has 0 radical (unpaired) electrons. The molecule has 0 unspecified atom stereocenters. The number of aromatic nitrogens is 1. The number of aryl methyl sites for hydroxylation is 1. The van der Waals surface area contributed by atoms with Gasteiger partial charge in [0, 0.05) is 63.5 Å². The van der Waals surface area contributed by atoms with E-state index in [0.717, 1.165) is 37.3 Å². The van der Waals surface area contributed by atoms with Gasteiger partial charge in [-0.05, 0) is 55.7 Å². The topological polar surface area (TPSA) is 74.8 Å². The second-order valence-corrected chi connectivity index (χ2v) is 8.88. The van der Waals surface area contributed by atoms with Crippen LogP contribution < -0.4 is 5.32 Å². The van der Waals surface area contributed by atoms with Gasteiger partial charge in [0.1, 0.15) is 0 Å². The van der Waals surface area contributed by atoms with Gasteiger partial charge in [0.15, 0.2) is 0 Å². The van der Waals surface area contributed by atoms with Gasteiger partial charge in [0.05, 0.1) is 13.2 Å². The Morgan fingerprint density at radius 3 is 2.53 bits per heavy atom. The molecule has 0 spiro atoms. The molecule has 2 saturated heterocycles. The molecule has 1 aromatic rings. The number of pyridine rings is 1. The normalized spacial score (nSPS) is 24.7. The van der Waals surface area contributed by atoms with E-state index in [1.165, 1.54) is 12.8 Å². The summed E-state index contributed by atoms with van der Waals surface area (Å²) in [5.41, 5.74) is 1.14. The van der Waals surface area contributed by atoms with E-state index in [9.17, 15) is 9.59 Å². The summed E-state index contributed by atoms with van der Waals surface area (Å²) in [6, 6.07) is 4.56. The lowest BCUT2D eigenvalue weighted by Crippen LogP contribution is -2.47. The molecule has 0 bridgehead atoms. The molecule has 1 N–H and O–H groups in total. The largest absolute Gasteiger partial charge is 0.378 e. The fourth-order valence-corrected chi connectivity index (χ4v) is 4.62. The first-order valence-electron chi connectivity index (χ1n) is 11.5. The van der Waals surface area contributed by atoms with Crippen LogP contribution in [0.3, 0.4) is 0 Å². The molecular formula is C23H34N4O3. The van der Waals surface area contributed by atoms with Crippen LogP contribution in [0.5, 0.6) is 0 Å². The third-order valence-electron chi connectivity index (χ3n) is 6.64. The standard InChI is InChI=1S/C23H34N4O3/c28-22(6-3-18-7-9-24-10-8-18)25-16-21-5-4-20(27(21)17-19-1-2-19)15-23(29)26-11-13-30-14-12-26/h7-10,19-21H,1-6,11-17H2,(H,25,28)/t20-,21+/m1/s1. The maximum absolute atomic E-state index is 12.8. The third kappa shape index (κ3) is 6.01. The maximum atomic E-state index is 12.8. The molecule has 1 aliphatic carbocycles. The van der Waals surface area contributed by atoms with Crippen LogP contribution in [0.25, 0.3) is 0 Å². The number of likely N-dealkylation sites (tertiary alicyclic amines) is 1. The zero-order valence-electron chi connectivity index (χ0n) is 17.8. The molecule has 3 aliphatic rings. The summed E-state index contributed by atoms with van der Waals surface area (Å²) in [7, 11) is 0. The minimum Gasteiger partial charge on any atom is -0.378 e. The molecule has 30 heavy (non-hydrogen) atoms. The van der Waals surface area contributed by atoms with Gasteiger partial charge in [0.2, 0.25) is 11.8 Å². The van der Waals surface area contributed by atoms with Gasteiger partial charge in [-0.15, -0.1) is 0 Å². The zero-order valence-corrected chi connectivity index (χ0v) is 17.8.